The van der Waals surface area contributed by atoms with Gasteiger partial charge >= 0.3 is 18.1 Å². The molecule has 8 nitrogen and oxygen atoms in total. The summed E-state index contributed by atoms with van der Waals surface area (Å²) in [7, 11) is 0. The predicted octanol–water partition coefficient (Wildman–Crippen LogP) is 0.642. The molecular formula is C10H15NO7. The van der Waals surface area contributed by atoms with Gasteiger partial charge in [-0.1, -0.05) is 5.16 Å². The Labute approximate surface area is 104 Å². The van der Waals surface area contributed by atoms with Crippen molar-refractivity contribution in [3.05, 3.63) is 0 Å². The third kappa shape index (κ3) is 5.83. The van der Waals surface area contributed by atoms with Crippen molar-refractivity contribution in [1.82, 2.24) is 0 Å². The van der Waals surface area contributed by atoms with Crippen LogP contribution < -0.4 is 0 Å². The van der Waals surface area contributed by atoms with Crippen molar-refractivity contribution in [2.24, 2.45) is 5.16 Å². The summed E-state index contributed by atoms with van der Waals surface area (Å²) < 4.78 is 13.5. The highest BCUT2D eigenvalue weighted by molar-refractivity contribution is 6.62. The lowest BCUT2D eigenvalue weighted by Gasteiger charge is -2.04. The normalized spacial score (nSPS) is 9.06. The molecule has 0 spiro atoms. The van der Waals surface area contributed by atoms with Gasteiger partial charge in [-0.05, 0) is 20.8 Å². The molecule has 0 fully saturated rings. The molecule has 0 saturated carbocycles. The molecule has 0 heterocycles. The van der Waals surface area contributed by atoms with Gasteiger partial charge < -0.3 is 14.2 Å². The molecule has 0 N–H and O–H groups in total. The van der Waals surface area contributed by atoms with Gasteiger partial charge in [0.2, 0.25) is 0 Å². The van der Waals surface area contributed by atoms with E-state index in [-0.39, 0.29) is 19.8 Å². The number of rotatable bonds is 6. The van der Waals surface area contributed by atoms with E-state index in [1.165, 1.54) is 0 Å². The summed E-state index contributed by atoms with van der Waals surface area (Å²) in [6.07, 6.45) is -1.14. The lowest BCUT2D eigenvalue weighted by molar-refractivity contribution is -0.140. The topological polar surface area (TPSA) is 100 Å². The zero-order chi connectivity index (χ0) is 14.0. The summed E-state index contributed by atoms with van der Waals surface area (Å²) in [5.74, 6) is -2.08. The maximum atomic E-state index is 11.3. The van der Waals surface area contributed by atoms with Gasteiger partial charge in [-0.15, -0.1) is 0 Å². The summed E-state index contributed by atoms with van der Waals surface area (Å²) in [6.45, 7) is 4.80. The molecule has 0 saturated heterocycles. The second-order valence-corrected chi connectivity index (χ2v) is 2.66. The average Bonchev–Trinajstić information content (AvgIpc) is 2.30. The van der Waals surface area contributed by atoms with Gasteiger partial charge in [0.05, 0.1) is 19.8 Å². The van der Waals surface area contributed by atoms with E-state index >= 15 is 0 Å². The number of nitrogens with zero attached hydrogens (tertiary/aromatic N) is 1. The fourth-order valence-corrected chi connectivity index (χ4v) is 0.784. The molecular weight excluding hydrogens is 246 g/mol. The number of carbonyl (C=O) groups excluding carboxylic acids is 3. The molecule has 0 aliphatic rings. The van der Waals surface area contributed by atoms with Crippen LogP contribution >= 0.6 is 0 Å². The Morgan fingerprint density at radius 2 is 1.28 bits per heavy atom. The van der Waals surface area contributed by atoms with Crippen molar-refractivity contribution in [3.63, 3.8) is 0 Å². The lowest BCUT2D eigenvalue weighted by atomic mass is 10.4. The first-order chi connectivity index (χ1) is 8.56. The minimum Gasteiger partial charge on any atom is -0.461 e. The van der Waals surface area contributed by atoms with Gasteiger partial charge in [0.1, 0.15) is 0 Å². The molecule has 102 valence electrons. The van der Waals surface area contributed by atoms with Gasteiger partial charge in [0, 0.05) is 0 Å². The van der Waals surface area contributed by atoms with E-state index in [2.05, 4.69) is 24.2 Å². The van der Waals surface area contributed by atoms with Crippen molar-refractivity contribution in [2.75, 3.05) is 19.8 Å². The molecule has 0 atom stereocenters. The van der Waals surface area contributed by atoms with Crippen molar-refractivity contribution in [3.8, 4) is 0 Å². The van der Waals surface area contributed by atoms with Crippen LogP contribution in [0, 0.1) is 0 Å². The van der Waals surface area contributed by atoms with E-state index in [9.17, 15) is 14.4 Å². The van der Waals surface area contributed by atoms with Crippen molar-refractivity contribution in [2.45, 2.75) is 20.8 Å². The molecule has 0 aliphatic heterocycles. The predicted molar refractivity (Wildman–Crippen MR) is 58.8 cm³/mol. The second-order valence-electron chi connectivity index (χ2n) is 2.66. The molecule has 8 heteroatoms. The van der Waals surface area contributed by atoms with E-state index in [0.717, 1.165) is 0 Å². The number of esters is 2. The maximum Gasteiger partial charge on any atom is 0.535 e. The van der Waals surface area contributed by atoms with E-state index in [0.29, 0.717) is 0 Å². The van der Waals surface area contributed by atoms with Crippen molar-refractivity contribution in [1.29, 1.82) is 0 Å². The Bertz CT molecular complexity index is 317. The third-order valence-electron chi connectivity index (χ3n) is 1.41. The van der Waals surface area contributed by atoms with Gasteiger partial charge in [-0.25, -0.2) is 14.4 Å². The van der Waals surface area contributed by atoms with E-state index in [4.69, 9.17) is 0 Å². The molecule has 0 aromatic rings. The standard InChI is InChI=1S/C10H15NO7/c1-4-15-8(12)7(9(13)16-5-2)11-18-10(14)17-6-3/h4-6H2,1-3H3. The first-order valence-electron chi connectivity index (χ1n) is 5.32. The number of oxime groups is 1. The van der Waals surface area contributed by atoms with Crippen LogP contribution in [0.3, 0.4) is 0 Å². The molecule has 18 heavy (non-hydrogen) atoms. The largest absolute Gasteiger partial charge is 0.535 e. The monoisotopic (exact) mass is 261 g/mol. The summed E-state index contributed by atoms with van der Waals surface area (Å²) in [6, 6.07) is 0. The van der Waals surface area contributed by atoms with Gasteiger partial charge in [0.25, 0.3) is 5.71 Å². The molecule has 0 radical (unpaired) electrons. The maximum absolute atomic E-state index is 11.3. The molecule has 0 aromatic carbocycles. The molecule has 0 unspecified atom stereocenters. The van der Waals surface area contributed by atoms with Crippen LogP contribution in [-0.4, -0.2) is 43.6 Å². The highest BCUT2D eigenvalue weighted by Crippen LogP contribution is 1.94. The summed E-state index contributed by atoms with van der Waals surface area (Å²) in [4.78, 5) is 37.7. The number of ether oxygens (including phenoxy) is 3. The minimum absolute atomic E-state index is 0.0384. The SMILES string of the molecule is CCOC(=O)ON=C(C(=O)OCC)C(=O)OCC. The fourth-order valence-electron chi connectivity index (χ4n) is 0.784. The quantitative estimate of drug-likeness (QED) is 0.173. The molecule has 0 amide bonds. The Kier molecular flexibility index (Phi) is 7.91. The zero-order valence-corrected chi connectivity index (χ0v) is 10.4. The van der Waals surface area contributed by atoms with Crippen molar-refractivity contribution < 1.29 is 33.4 Å². The number of hydrogen-bond acceptors (Lipinski definition) is 8. The van der Waals surface area contributed by atoms with Crippen LogP contribution in [0.5, 0.6) is 0 Å². The van der Waals surface area contributed by atoms with Crippen LogP contribution in [0.2, 0.25) is 0 Å². The van der Waals surface area contributed by atoms with E-state index in [1.807, 2.05) is 0 Å². The van der Waals surface area contributed by atoms with Gasteiger partial charge in [-0.3, -0.25) is 4.84 Å². The Morgan fingerprint density at radius 1 is 0.833 bits per heavy atom. The number of hydrogen-bond donors (Lipinski definition) is 0. The van der Waals surface area contributed by atoms with Crippen LogP contribution in [0.4, 0.5) is 4.79 Å². The Morgan fingerprint density at radius 3 is 1.67 bits per heavy atom. The highest BCUT2D eigenvalue weighted by atomic mass is 16.8. The second kappa shape index (κ2) is 8.97. The van der Waals surface area contributed by atoms with Gasteiger partial charge in [0.15, 0.2) is 0 Å². The lowest BCUT2D eigenvalue weighted by Crippen LogP contribution is -2.29. The minimum atomic E-state index is -1.14. The van der Waals surface area contributed by atoms with Crippen LogP contribution in [-0.2, 0) is 28.6 Å². The first-order valence-corrected chi connectivity index (χ1v) is 5.32. The Hall–Kier alpha value is -2.12. The molecule has 0 rings (SSSR count). The summed E-state index contributed by atoms with van der Waals surface area (Å²) >= 11 is 0. The van der Waals surface area contributed by atoms with E-state index in [1.54, 1.807) is 20.8 Å². The van der Waals surface area contributed by atoms with Crippen LogP contribution in [0.1, 0.15) is 20.8 Å². The van der Waals surface area contributed by atoms with E-state index < -0.39 is 23.8 Å². The third-order valence-corrected chi connectivity index (χ3v) is 1.41. The summed E-state index contributed by atoms with van der Waals surface area (Å²) in [5, 5.41) is 3.07. The Balaban J connectivity index is 4.74. The van der Waals surface area contributed by atoms with Gasteiger partial charge in [-0.2, -0.15) is 0 Å². The molecule has 0 bridgehead atoms. The average molecular weight is 261 g/mol. The molecule has 0 aromatic heterocycles. The zero-order valence-electron chi connectivity index (χ0n) is 10.4. The highest BCUT2D eigenvalue weighted by Gasteiger charge is 2.25. The van der Waals surface area contributed by atoms with Crippen molar-refractivity contribution >= 4 is 23.8 Å². The summed E-state index contributed by atoms with van der Waals surface area (Å²) in [5.41, 5.74) is -0.758. The smallest absolute Gasteiger partial charge is 0.461 e. The van der Waals surface area contributed by atoms with Crippen LogP contribution in [0.15, 0.2) is 5.16 Å². The molecule has 0 aliphatic carbocycles. The fraction of sp³-hybridized carbons (Fsp3) is 0.600. The first kappa shape index (κ1) is 15.9. The van der Waals surface area contributed by atoms with Crippen LogP contribution in [0.25, 0.3) is 0 Å². The number of carbonyl (C=O) groups is 3.